The standard InChI is InChI=1S/C8H13N3O6S3/c1-17-8(12)11-20(15,16)10-5-4-6-2-3-7(18-6)19(9,13)14/h2-3,10H,4-5H2,1H3,(H,11,12)(H2,9,13,14). The van der Waals surface area contributed by atoms with Crippen molar-refractivity contribution in [1.29, 1.82) is 0 Å². The highest BCUT2D eigenvalue weighted by molar-refractivity contribution is 7.91. The SMILES string of the molecule is COC(=O)NS(=O)(=O)NCCc1ccc(S(N)(=O)=O)s1. The summed E-state index contributed by atoms with van der Waals surface area (Å²) in [6, 6.07) is 2.88. The van der Waals surface area contributed by atoms with Gasteiger partial charge < -0.3 is 4.74 Å². The quantitative estimate of drug-likeness (QED) is 0.612. The molecule has 1 rings (SSSR count). The summed E-state index contributed by atoms with van der Waals surface area (Å²) in [7, 11) is -6.71. The van der Waals surface area contributed by atoms with E-state index in [0.717, 1.165) is 18.4 Å². The highest BCUT2D eigenvalue weighted by atomic mass is 32.2. The van der Waals surface area contributed by atoms with Crippen LogP contribution in [0.5, 0.6) is 0 Å². The third kappa shape index (κ3) is 5.42. The molecule has 0 saturated carbocycles. The number of nitrogens with two attached hydrogens (primary N) is 1. The summed E-state index contributed by atoms with van der Waals surface area (Å²) in [6.45, 7) is -0.0170. The summed E-state index contributed by atoms with van der Waals surface area (Å²) < 4.78 is 52.6. The van der Waals surface area contributed by atoms with E-state index in [1.807, 2.05) is 0 Å². The number of carbonyl (C=O) groups excluding carboxylic acids is 1. The maximum Gasteiger partial charge on any atom is 0.421 e. The summed E-state index contributed by atoms with van der Waals surface area (Å²) in [5, 5.41) is 4.95. The van der Waals surface area contributed by atoms with Gasteiger partial charge in [0.05, 0.1) is 7.11 Å². The van der Waals surface area contributed by atoms with Crippen LogP contribution >= 0.6 is 11.3 Å². The molecule has 0 bridgehead atoms. The summed E-state index contributed by atoms with van der Waals surface area (Å²) in [5.41, 5.74) is 0. The van der Waals surface area contributed by atoms with Gasteiger partial charge in [0.2, 0.25) is 10.0 Å². The Bertz CT molecular complexity index is 678. The van der Waals surface area contributed by atoms with Gasteiger partial charge in [-0.2, -0.15) is 13.1 Å². The van der Waals surface area contributed by atoms with Crippen molar-refractivity contribution in [2.75, 3.05) is 13.7 Å². The van der Waals surface area contributed by atoms with Gasteiger partial charge in [-0.3, -0.25) is 0 Å². The average molecular weight is 343 g/mol. The van der Waals surface area contributed by atoms with Crippen LogP contribution in [0.25, 0.3) is 0 Å². The maximum atomic E-state index is 11.3. The van der Waals surface area contributed by atoms with Crippen molar-refractivity contribution in [1.82, 2.24) is 9.44 Å². The molecule has 1 aromatic rings. The van der Waals surface area contributed by atoms with E-state index in [2.05, 4.69) is 9.46 Å². The van der Waals surface area contributed by atoms with E-state index >= 15 is 0 Å². The van der Waals surface area contributed by atoms with Crippen molar-refractivity contribution >= 4 is 37.7 Å². The van der Waals surface area contributed by atoms with Gasteiger partial charge in [0.25, 0.3) is 0 Å². The highest BCUT2D eigenvalue weighted by Crippen LogP contribution is 2.20. The Morgan fingerprint density at radius 2 is 2.00 bits per heavy atom. The van der Waals surface area contributed by atoms with Gasteiger partial charge in [-0.15, -0.1) is 11.3 Å². The van der Waals surface area contributed by atoms with E-state index in [4.69, 9.17) is 5.14 Å². The monoisotopic (exact) mass is 343 g/mol. The molecule has 0 aliphatic heterocycles. The van der Waals surface area contributed by atoms with E-state index in [-0.39, 0.29) is 17.2 Å². The van der Waals surface area contributed by atoms with Crippen LogP contribution in [0.4, 0.5) is 4.79 Å². The minimum atomic E-state index is -4.00. The van der Waals surface area contributed by atoms with E-state index in [1.54, 1.807) is 4.72 Å². The van der Waals surface area contributed by atoms with Crippen LogP contribution in [0.1, 0.15) is 4.88 Å². The van der Waals surface area contributed by atoms with Gasteiger partial charge in [0.1, 0.15) is 4.21 Å². The lowest BCUT2D eigenvalue weighted by Gasteiger charge is -2.06. The number of primary sulfonamides is 1. The van der Waals surface area contributed by atoms with Gasteiger partial charge in [0, 0.05) is 11.4 Å². The first-order valence-electron chi connectivity index (χ1n) is 5.11. The topological polar surface area (TPSA) is 145 Å². The Morgan fingerprint density at radius 1 is 1.35 bits per heavy atom. The van der Waals surface area contributed by atoms with Crippen LogP contribution in [0, 0.1) is 0 Å². The maximum absolute atomic E-state index is 11.3. The molecule has 0 fully saturated rings. The van der Waals surface area contributed by atoms with Crippen molar-refractivity contribution < 1.29 is 26.4 Å². The fourth-order valence-electron chi connectivity index (χ4n) is 1.14. The van der Waals surface area contributed by atoms with Crippen LogP contribution < -0.4 is 14.6 Å². The van der Waals surface area contributed by atoms with Gasteiger partial charge in [-0.05, 0) is 18.6 Å². The number of hydrogen-bond donors (Lipinski definition) is 3. The smallest absolute Gasteiger partial charge is 0.421 e. The van der Waals surface area contributed by atoms with Gasteiger partial charge in [-0.1, -0.05) is 0 Å². The Labute approximate surface area is 120 Å². The first-order valence-corrected chi connectivity index (χ1v) is 8.95. The zero-order chi connectivity index (χ0) is 15.4. The molecule has 0 unspecified atom stereocenters. The van der Waals surface area contributed by atoms with Gasteiger partial charge in [-0.25, -0.2) is 23.1 Å². The normalized spacial score (nSPS) is 12.1. The zero-order valence-corrected chi connectivity index (χ0v) is 12.8. The number of ether oxygens (including phenoxy) is 1. The van der Waals surface area contributed by atoms with Crippen LogP contribution in [-0.4, -0.2) is 36.6 Å². The Kier molecular flexibility index (Phi) is 5.47. The Hall–Kier alpha value is -1.21. The molecule has 20 heavy (non-hydrogen) atoms. The average Bonchev–Trinajstić information content (AvgIpc) is 2.76. The summed E-state index contributed by atoms with van der Waals surface area (Å²) in [4.78, 5) is 11.4. The second-order valence-corrected chi connectivity index (χ2v) is 7.96. The van der Waals surface area contributed by atoms with Crippen LogP contribution in [0.3, 0.4) is 0 Å². The van der Waals surface area contributed by atoms with Crippen molar-refractivity contribution in [3.63, 3.8) is 0 Å². The molecule has 0 atom stereocenters. The molecule has 1 aromatic heterocycles. The molecule has 1 heterocycles. The lowest BCUT2D eigenvalue weighted by molar-refractivity contribution is 0.177. The number of rotatable bonds is 6. The number of sulfonamides is 1. The zero-order valence-electron chi connectivity index (χ0n) is 10.3. The van der Waals surface area contributed by atoms with E-state index in [1.165, 1.54) is 12.1 Å². The fraction of sp³-hybridized carbons (Fsp3) is 0.375. The Morgan fingerprint density at radius 3 is 2.50 bits per heavy atom. The molecule has 114 valence electrons. The molecule has 1 amide bonds. The van der Waals surface area contributed by atoms with Crippen LogP contribution in [-0.2, 0) is 31.4 Å². The number of thiophene rings is 1. The molecule has 0 radical (unpaired) electrons. The highest BCUT2D eigenvalue weighted by Gasteiger charge is 2.14. The lowest BCUT2D eigenvalue weighted by atomic mass is 10.3. The minimum absolute atomic E-state index is 0.00282. The molecule has 9 nitrogen and oxygen atoms in total. The molecule has 0 spiro atoms. The van der Waals surface area contributed by atoms with Crippen molar-refractivity contribution in [2.24, 2.45) is 5.14 Å². The molecule has 4 N–H and O–H groups in total. The molecule has 0 aromatic carbocycles. The second-order valence-electron chi connectivity index (χ2n) is 3.51. The lowest BCUT2D eigenvalue weighted by Crippen LogP contribution is -2.40. The minimum Gasteiger partial charge on any atom is -0.452 e. The number of nitrogens with one attached hydrogen (secondary N) is 2. The second kappa shape index (κ2) is 6.49. The van der Waals surface area contributed by atoms with Crippen molar-refractivity contribution in [2.45, 2.75) is 10.6 Å². The molecular formula is C8H13N3O6S3. The number of carbonyl (C=O) groups is 1. The molecule has 12 heteroatoms. The van der Waals surface area contributed by atoms with Crippen molar-refractivity contribution in [3.8, 4) is 0 Å². The van der Waals surface area contributed by atoms with Crippen LogP contribution in [0.15, 0.2) is 16.3 Å². The summed E-state index contributed by atoms with van der Waals surface area (Å²) >= 11 is 0.949. The molecule has 0 saturated heterocycles. The summed E-state index contributed by atoms with van der Waals surface area (Å²) in [5.74, 6) is 0. The van der Waals surface area contributed by atoms with Gasteiger partial charge in [0.15, 0.2) is 0 Å². The largest absolute Gasteiger partial charge is 0.452 e. The fourth-order valence-corrected chi connectivity index (χ4v) is 3.67. The predicted molar refractivity (Wildman–Crippen MR) is 71.9 cm³/mol. The first-order chi connectivity index (χ1) is 9.14. The number of hydrogen-bond acceptors (Lipinski definition) is 7. The van der Waals surface area contributed by atoms with E-state index in [9.17, 15) is 21.6 Å². The molecular weight excluding hydrogens is 330 g/mol. The molecule has 0 aliphatic carbocycles. The van der Waals surface area contributed by atoms with Gasteiger partial charge >= 0.3 is 16.3 Å². The number of amides is 1. The first kappa shape index (κ1) is 16.8. The van der Waals surface area contributed by atoms with E-state index < -0.39 is 26.3 Å². The predicted octanol–water partition coefficient (Wildman–Crippen LogP) is -0.872. The number of methoxy groups -OCH3 is 1. The third-order valence-corrected chi connectivity index (χ3v) is 5.59. The summed E-state index contributed by atoms with van der Waals surface area (Å²) in [6.07, 6.45) is -0.854. The van der Waals surface area contributed by atoms with Crippen molar-refractivity contribution in [3.05, 3.63) is 17.0 Å². The van der Waals surface area contributed by atoms with Crippen LogP contribution in [0.2, 0.25) is 0 Å². The van der Waals surface area contributed by atoms with E-state index in [0.29, 0.717) is 4.88 Å². The third-order valence-electron chi connectivity index (χ3n) is 1.98. The molecule has 0 aliphatic rings. The Balaban J connectivity index is 2.53.